The molecule has 0 N–H and O–H groups in total. The van der Waals surface area contributed by atoms with Gasteiger partial charge in [-0.25, -0.2) is 6.57 Å². The van der Waals surface area contributed by atoms with Gasteiger partial charge in [0.1, 0.15) is 0 Å². The molecule has 1 atom stereocenters. The molecule has 0 fully saturated rings. The summed E-state index contributed by atoms with van der Waals surface area (Å²) in [7, 11) is 0. The van der Waals surface area contributed by atoms with Gasteiger partial charge < -0.3 is 4.85 Å². The molecule has 0 aromatic heterocycles. The topological polar surface area (TPSA) is 28.1 Å². The van der Waals surface area contributed by atoms with Gasteiger partial charge in [0, 0.05) is 12.3 Å². The molecule has 0 aromatic carbocycles. The van der Waals surface area contributed by atoms with Gasteiger partial charge in [0.05, 0.1) is 6.07 Å². The Morgan fingerprint density at radius 3 is 2.88 bits per heavy atom. The van der Waals surface area contributed by atoms with Crippen molar-refractivity contribution in [3.63, 3.8) is 0 Å². The lowest BCUT2D eigenvalue weighted by Crippen LogP contribution is -1.94. The average molecular weight is 108 g/mol. The number of hydrogen-bond acceptors (Lipinski definition) is 1. The fraction of sp³-hybridized carbons (Fsp3) is 0.667. The first-order valence-corrected chi connectivity index (χ1v) is 2.51. The molecule has 2 nitrogen and oxygen atoms in total. The highest BCUT2D eigenvalue weighted by Gasteiger charge is 2.00. The summed E-state index contributed by atoms with van der Waals surface area (Å²) in [5.41, 5.74) is 0. The zero-order valence-corrected chi connectivity index (χ0v) is 4.89. The lowest BCUT2D eigenvalue weighted by molar-refractivity contribution is 0.650. The first-order chi connectivity index (χ1) is 3.81. The van der Waals surface area contributed by atoms with Crippen LogP contribution in [0.2, 0.25) is 0 Å². The SMILES string of the molecule is [C-]#[N+]CC(C)CC#N. The fourth-order valence-corrected chi connectivity index (χ4v) is 0.376. The van der Waals surface area contributed by atoms with E-state index in [1.165, 1.54) is 0 Å². The highest BCUT2D eigenvalue weighted by molar-refractivity contribution is 4.77. The predicted octanol–water partition coefficient (Wildman–Crippen LogP) is 1.46. The van der Waals surface area contributed by atoms with E-state index in [9.17, 15) is 0 Å². The van der Waals surface area contributed by atoms with Crippen LogP contribution in [0.25, 0.3) is 4.85 Å². The van der Waals surface area contributed by atoms with Crippen LogP contribution in [-0.4, -0.2) is 6.54 Å². The van der Waals surface area contributed by atoms with Gasteiger partial charge in [-0.15, -0.1) is 0 Å². The average Bonchev–Trinajstić information content (AvgIpc) is 1.68. The van der Waals surface area contributed by atoms with Crippen LogP contribution in [0.5, 0.6) is 0 Å². The predicted molar refractivity (Wildman–Crippen MR) is 30.9 cm³/mol. The fourth-order valence-electron chi connectivity index (χ4n) is 0.376. The number of nitriles is 1. The maximum absolute atomic E-state index is 8.11. The molecular weight excluding hydrogens is 100 g/mol. The highest BCUT2D eigenvalue weighted by atomic mass is 14.6. The van der Waals surface area contributed by atoms with Crippen LogP contribution >= 0.6 is 0 Å². The smallest absolute Gasteiger partial charge is 0.218 e. The minimum atomic E-state index is 0.248. The number of hydrogen-bond donors (Lipinski definition) is 0. The Morgan fingerprint density at radius 2 is 2.50 bits per heavy atom. The third-order valence-electron chi connectivity index (χ3n) is 0.843. The molecule has 0 spiro atoms. The van der Waals surface area contributed by atoms with Crippen LogP contribution in [0, 0.1) is 23.8 Å². The minimum Gasteiger partial charge on any atom is -0.317 e. The second kappa shape index (κ2) is 4.15. The molecule has 1 unspecified atom stereocenters. The van der Waals surface area contributed by atoms with Crippen molar-refractivity contribution in [1.82, 2.24) is 0 Å². The molecule has 2 heteroatoms. The van der Waals surface area contributed by atoms with Gasteiger partial charge in [0.15, 0.2) is 0 Å². The quantitative estimate of drug-likeness (QED) is 0.492. The van der Waals surface area contributed by atoms with Crippen molar-refractivity contribution in [1.29, 1.82) is 5.26 Å². The van der Waals surface area contributed by atoms with E-state index in [-0.39, 0.29) is 5.92 Å². The molecule has 0 radical (unpaired) electrons. The van der Waals surface area contributed by atoms with Crippen LogP contribution in [0.3, 0.4) is 0 Å². The molecule has 42 valence electrons. The van der Waals surface area contributed by atoms with Crippen molar-refractivity contribution in [2.24, 2.45) is 5.92 Å². The summed E-state index contributed by atoms with van der Waals surface area (Å²) in [4.78, 5) is 3.15. The Balaban J connectivity index is 3.25. The van der Waals surface area contributed by atoms with Gasteiger partial charge in [0.25, 0.3) is 0 Å². The maximum atomic E-state index is 8.11. The molecular formula is C6H8N2. The molecule has 0 saturated carbocycles. The molecule has 0 aromatic rings. The Labute approximate surface area is 49.6 Å². The summed E-state index contributed by atoms with van der Waals surface area (Å²) in [5.74, 6) is 0.248. The van der Waals surface area contributed by atoms with E-state index >= 15 is 0 Å². The second-order valence-corrected chi connectivity index (χ2v) is 1.81. The van der Waals surface area contributed by atoms with Crippen molar-refractivity contribution in [2.45, 2.75) is 13.3 Å². The lowest BCUT2D eigenvalue weighted by Gasteiger charge is -1.91. The number of nitrogens with zero attached hydrogens (tertiary/aromatic N) is 2. The third-order valence-corrected chi connectivity index (χ3v) is 0.843. The Bertz CT molecular complexity index is 110. The lowest BCUT2D eigenvalue weighted by atomic mass is 10.1. The van der Waals surface area contributed by atoms with E-state index < -0.39 is 0 Å². The molecule has 0 saturated heterocycles. The van der Waals surface area contributed by atoms with Crippen molar-refractivity contribution >= 4 is 0 Å². The molecule has 0 rings (SSSR count). The first-order valence-electron chi connectivity index (χ1n) is 2.51. The molecule has 8 heavy (non-hydrogen) atoms. The van der Waals surface area contributed by atoms with Gasteiger partial charge in [-0.05, 0) is 0 Å². The van der Waals surface area contributed by atoms with Crippen molar-refractivity contribution in [3.05, 3.63) is 11.4 Å². The Kier molecular flexibility index (Phi) is 3.62. The largest absolute Gasteiger partial charge is 0.317 e. The summed E-state index contributed by atoms with van der Waals surface area (Å²) in [5, 5.41) is 8.11. The summed E-state index contributed by atoms with van der Waals surface area (Å²) in [6.45, 7) is 8.81. The van der Waals surface area contributed by atoms with Crippen molar-refractivity contribution in [2.75, 3.05) is 6.54 Å². The van der Waals surface area contributed by atoms with E-state index in [4.69, 9.17) is 11.8 Å². The molecule has 0 aliphatic rings. The summed E-state index contributed by atoms with van der Waals surface area (Å²) in [6.07, 6.45) is 0.502. The van der Waals surface area contributed by atoms with Crippen LogP contribution in [0.1, 0.15) is 13.3 Å². The van der Waals surface area contributed by atoms with E-state index in [0.29, 0.717) is 13.0 Å². The molecule has 0 aliphatic carbocycles. The summed E-state index contributed by atoms with van der Waals surface area (Å²) >= 11 is 0. The monoisotopic (exact) mass is 108 g/mol. The van der Waals surface area contributed by atoms with Crippen molar-refractivity contribution in [3.8, 4) is 6.07 Å². The van der Waals surface area contributed by atoms with E-state index in [0.717, 1.165) is 0 Å². The maximum Gasteiger partial charge on any atom is 0.218 e. The molecule has 0 heterocycles. The van der Waals surface area contributed by atoms with Crippen molar-refractivity contribution < 1.29 is 0 Å². The third kappa shape index (κ3) is 3.18. The zero-order chi connectivity index (χ0) is 6.41. The van der Waals surface area contributed by atoms with E-state index in [1.807, 2.05) is 13.0 Å². The van der Waals surface area contributed by atoms with E-state index in [2.05, 4.69) is 4.85 Å². The van der Waals surface area contributed by atoms with Crippen LogP contribution in [0.4, 0.5) is 0 Å². The van der Waals surface area contributed by atoms with Crippen LogP contribution < -0.4 is 0 Å². The second-order valence-electron chi connectivity index (χ2n) is 1.81. The standard InChI is InChI=1S/C6H8N2/c1-6(3-4-7)5-8-2/h6H,3,5H2,1H3. The minimum absolute atomic E-state index is 0.248. The number of rotatable bonds is 2. The molecule has 0 aliphatic heterocycles. The summed E-state index contributed by atoms with van der Waals surface area (Å²) in [6, 6.07) is 2.01. The van der Waals surface area contributed by atoms with Gasteiger partial charge in [0.2, 0.25) is 6.54 Å². The Morgan fingerprint density at radius 1 is 1.88 bits per heavy atom. The van der Waals surface area contributed by atoms with Gasteiger partial charge in [-0.1, -0.05) is 6.92 Å². The molecule has 0 amide bonds. The van der Waals surface area contributed by atoms with Gasteiger partial charge in [-0.2, -0.15) is 5.26 Å². The normalized spacial score (nSPS) is 11.4. The Hall–Kier alpha value is -1.02. The first kappa shape index (κ1) is 6.98. The van der Waals surface area contributed by atoms with Crippen LogP contribution in [-0.2, 0) is 0 Å². The van der Waals surface area contributed by atoms with Gasteiger partial charge in [-0.3, -0.25) is 0 Å². The highest BCUT2D eigenvalue weighted by Crippen LogP contribution is 1.98. The van der Waals surface area contributed by atoms with Crippen LogP contribution in [0.15, 0.2) is 0 Å². The zero-order valence-electron chi connectivity index (χ0n) is 4.89. The molecule has 0 bridgehead atoms. The summed E-state index contributed by atoms with van der Waals surface area (Å²) < 4.78 is 0. The van der Waals surface area contributed by atoms with E-state index in [1.54, 1.807) is 0 Å². The van der Waals surface area contributed by atoms with Gasteiger partial charge >= 0.3 is 0 Å².